The van der Waals surface area contributed by atoms with E-state index in [1.807, 2.05) is 25.1 Å². The van der Waals surface area contributed by atoms with Gasteiger partial charge in [0.1, 0.15) is 0 Å². The van der Waals surface area contributed by atoms with E-state index in [0.29, 0.717) is 6.42 Å². The highest BCUT2D eigenvalue weighted by Crippen LogP contribution is 2.16. The SMILES string of the molecule is Cc1c(N)cccc1CC(=O)CCl. The molecule has 0 heterocycles. The van der Waals surface area contributed by atoms with Gasteiger partial charge in [0.05, 0.1) is 5.88 Å². The fourth-order valence-electron chi connectivity index (χ4n) is 1.15. The molecule has 0 saturated carbocycles. The fourth-order valence-corrected chi connectivity index (χ4v) is 1.25. The van der Waals surface area contributed by atoms with Gasteiger partial charge in [-0.1, -0.05) is 12.1 Å². The molecule has 0 atom stereocenters. The molecule has 2 nitrogen and oxygen atoms in total. The smallest absolute Gasteiger partial charge is 0.151 e. The maximum absolute atomic E-state index is 11.1. The summed E-state index contributed by atoms with van der Waals surface area (Å²) in [4.78, 5) is 11.1. The number of alkyl halides is 1. The Kier molecular flexibility index (Phi) is 3.32. The molecular weight excluding hydrogens is 186 g/mol. The van der Waals surface area contributed by atoms with Crippen LogP contribution in [0.3, 0.4) is 0 Å². The first-order valence-electron chi connectivity index (χ1n) is 4.06. The first-order valence-corrected chi connectivity index (χ1v) is 4.60. The van der Waals surface area contributed by atoms with Crippen molar-refractivity contribution in [2.75, 3.05) is 11.6 Å². The van der Waals surface area contributed by atoms with Crippen LogP contribution in [0, 0.1) is 6.92 Å². The molecule has 2 N–H and O–H groups in total. The predicted molar refractivity (Wildman–Crippen MR) is 55.0 cm³/mol. The topological polar surface area (TPSA) is 43.1 Å². The number of nitrogen functional groups attached to an aromatic ring is 1. The van der Waals surface area contributed by atoms with Crippen molar-refractivity contribution in [1.82, 2.24) is 0 Å². The fraction of sp³-hybridized carbons (Fsp3) is 0.300. The largest absolute Gasteiger partial charge is 0.399 e. The second kappa shape index (κ2) is 4.28. The average Bonchev–Trinajstić information content (AvgIpc) is 2.13. The molecule has 0 spiro atoms. The molecule has 0 saturated heterocycles. The van der Waals surface area contributed by atoms with Crippen LogP contribution in [0.25, 0.3) is 0 Å². The molecule has 0 amide bonds. The summed E-state index contributed by atoms with van der Waals surface area (Å²) in [6, 6.07) is 5.57. The Morgan fingerprint density at radius 3 is 2.85 bits per heavy atom. The molecule has 1 rings (SSSR count). The third kappa shape index (κ3) is 2.46. The minimum atomic E-state index is 0.0235. The molecule has 0 unspecified atom stereocenters. The zero-order valence-corrected chi connectivity index (χ0v) is 8.27. The number of hydrogen-bond donors (Lipinski definition) is 1. The number of carbonyl (C=O) groups excluding carboxylic acids is 1. The van der Waals surface area contributed by atoms with Crippen LogP contribution in [0.15, 0.2) is 18.2 Å². The third-order valence-corrected chi connectivity index (χ3v) is 2.32. The van der Waals surface area contributed by atoms with E-state index in [1.54, 1.807) is 0 Å². The quantitative estimate of drug-likeness (QED) is 0.595. The van der Waals surface area contributed by atoms with Gasteiger partial charge in [0.2, 0.25) is 0 Å². The van der Waals surface area contributed by atoms with Crippen LogP contribution in [-0.2, 0) is 11.2 Å². The normalized spacial score (nSPS) is 10.0. The number of Topliss-reactive ketones (excluding diaryl/α,β-unsaturated/α-hetero) is 1. The van der Waals surface area contributed by atoms with Crippen LogP contribution >= 0.6 is 11.6 Å². The summed E-state index contributed by atoms with van der Waals surface area (Å²) in [6.07, 6.45) is 0.375. The van der Waals surface area contributed by atoms with Gasteiger partial charge in [0, 0.05) is 12.1 Å². The van der Waals surface area contributed by atoms with E-state index >= 15 is 0 Å². The second-order valence-corrected chi connectivity index (χ2v) is 3.25. The van der Waals surface area contributed by atoms with Gasteiger partial charge in [0.15, 0.2) is 5.78 Å². The summed E-state index contributed by atoms with van der Waals surface area (Å²) in [7, 11) is 0. The first-order chi connectivity index (χ1) is 6.15. The lowest BCUT2D eigenvalue weighted by Crippen LogP contribution is -2.06. The van der Waals surface area contributed by atoms with E-state index in [2.05, 4.69) is 0 Å². The Hall–Kier alpha value is -1.02. The average molecular weight is 198 g/mol. The molecule has 0 radical (unpaired) electrons. The Labute approximate surface area is 82.7 Å². The molecule has 0 bridgehead atoms. The molecular formula is C10H12ClNO. The van der Waals surface area contributed by atoms with E-state index < -0.39 is 0 Å². The van der Waals surface area contributed by atoms with E-state index in [-0.39, 0.29) is 11.7 Å². The monoisotopic (exact) mass is 197 g/mol. The molecule has 1 aromatic rings. The van der Waals surface area contributed by atoms with E-state index in [9.17, 15) is 4.79 Å². The Balaban J connectivity index is 2.89. The van der Waals surface area contributed by atoms with Crippen molar-refractivity contribution in [3.05, 3.63) is 29.3 Å². The van der Waals surface area contributed by atoms with Crippen LogP contribution < -0.4 is 5.73 Å². The van der Waals surface area contributed by atoms with Crippen LogP contribution in [0.5, 0.6) is 0 Å². The van der Waals surface area contributed by atoms with Gasteiger partial charge in [-0.2, -0.15) is 0 Å². The lowest BCUT2D eigenvalue weighted by Gasteiger charge is -2.06. The lowest BCUT2D eigenvalue weighted by molar-refractivity contribution is -0.116. The van der Waals surface area contributed by atoms with Crippen molar-refractivity contribution in [1.29, 1.82) is 0 Å². The zero-order chi connectivity index (χ0) is 9.84. The van der Waals surface area contributed by atoms with Gasteiger partial charge >= 0.3 is 0 Å². The Bertz CT molecular complexity index is 323. The van der Waals surface area contributed by atoms with Gasteiger partial charge in [-0.05, 0) is 24.1 Å². The molecule has 0 aliphatic heterocycles. The van der Waals surface area contributed by atoms with Crippen molar-refractivity contribution in [3.8, 4) is 0 Å². The highest BCUT2D eigenvalue weighted by molar-refractivity contribution is 6.27. The summed E-state index contributed by atoms with van der Waals surface area (Å²) >= 11 is 5.41. The molecule has 13 heavy (non-hydrogen) atoms. The van der Waals surface area contributed by atoms with Crippen LogP contribution in [0.2, 0.25) is 0 Å². The number of ketones is 1. The highest BCUT2D eigenvalue weighted by Gasteiger charge is 2.05. The van der Waals surface area contributed by atoms with Gasteiger partial charge in [0.25, 0.3) is 0 Å². The third-order valence-electron chi connectivity index (χ3n) is 2.02. The summed E-state index contributed by atoms with van der Waals surface area (Å²) in [5.74, 6) is 0.0872. The van der Waals surface area contributed by atoms with Crippen molar-refractivity contribution >= 4 is 23.1 Å². The number of hydrogen-bond acceptors (Lipinski definition) is 2. The Morgan fingerprint density at radius 2 is 2.23 bits per heavy atom. The Morgan fingerprint density at radius 1 is 1.54 bits per heavy atom. The summed E-state index contributed by atoms with van der Waals surface area (Å²) < 4.78 is 0. The molecule has 0 aromatic heterocycles. The first kappa shape index (κ1) is 10.1. The number of halogens is 1. The zero-order valence-electron chi connectivity index (χ0n) is 7.51. The summed E-state index contributed by atoms with van der Waals surface area (Å²) in [5.41, 5.74) is 8.35. The van der Waals surface area contributed by atoms with Gasteiger partial charge in [-0.25, -0.2) is 0 Å². The van der Waals surface area contributed by atoms with Gasteiger partial charge < -0.3 is 5.73 Å². The van der Waals surface area contributed by atoms with Crippen molar-refractivity contribution < 1.29 is 4.79 Å². The number of carbonyl (C=O) groups is 1. The van der Waals surface area contributed by atoms with Crippen LogP contribution in [0.4, 0.5) is 5.69 Å². The van der Waals surface area contributed by atoms with Crippen LogP contribution in [0.1, 0.15) is 11.1 Å². The maximum atomic E-state index is 11.1. The van der Waals surface area contributed by atoms with Crippen molar-refractivity contribution in [3.63, 3.8) is 0 Å². The van der Waals surface area contributed by atoms with E-state index in [0.717, 1.165) is 16.8 Å². The molecule has 0 aliphatic rings. The molecule has 0 fully saturated rings. The molecule has 3 heteroatoms. The number of benzene rings is 1. The van der Waals surface area contributed by atoms with Crippen LogP contribution in [-0.4, -0.2) is 11.7 Å². The molecule has 1 aromatic carbocycles. The molecule has 70 valence electrons. The second-order valence-electron chi connectivity index (χ2n) is 2.98. The number of nitrogens with two attached hydrogens (primary N) is 1. The molecule has 0 aliphatic carbocycles. The minimum absolute atomic E-state index is 0.0235. The van der Waals surface area contributed by atoms with Crippen molar-refractivity contribution in [2.45, 2.75) is 13.3 Å². The standard InChI is InChI=1S/C10H12ClNO/c1-7-8(5-9(13)6-11)3-2-4-10(7)12/h2-4H,5-6,12H2,1H3. The van der Waals surface area contributed by atoms with Gasteiger partial charge in [-0.3, -0.25) is 4.79 Å². The lowest BCUT2D eigenvalue weighted by atomic mass is 10.0. The number of rotatable bonds is 3. The predicted octanol–water partition coefficient (Wildman–Crippen LogP) is 1.93. The van der Waals surface area contributed by atoms with E-state index in [4.69, 9.17) is 17.3 Å². The van der Waals surface area contributed by atoms with E-state index in [1.165, 1.54) is 0 Å². The summed E-state index contributed by atoms with van der Waals surface area (Å²) in [5, 5.41) is 0. The number of anilines is 1. The van der Waals surface area contributed by atoms with Crippen molar-refractivity contribution in [2.24, 2.45) is 0 Å². The summed E-state index contributed by atoms with van der Waals surface area (Å²) in [6.45, 7) is 1.91. The maximum Gasteiger partial charge on any atom is 0.151 e. The van der Waals surface area contributed by atoms with Gasteiger partial charge in [-0.15, -0.1) is 11.6 Å². The highest BCUT2D eigenvalue weighted by atomic mass is 35.5. The minimum Gasteiger partial charge on any atom is -0.399 e.